The molecule has 1 aliphatic rings. The fourth-order valence-electron chi connectivity index (χ4n) is 2.98. The molecule has 1 fully saturated rings. The zero-order valence-electron chi connectivity index (χ0n) is 13.4. The number of rotatable bonds is 4. The molecular weight excluding hydrogens is 262 g/mol. The Hall–Kier alpha value is -0.470. The first kappa shape index (κ1) is 15.9. The van der Waals surface area contributed by atoms with E-state index in [9.17, 15) is 0 Å². The fourth-order valence-corrected chi connectivity index (χ4v) is 3.95. The van der Waals surface area contributed by atoms with E-state index in [4.69, 9.17) is 0 Å². The summed E-state index contributed by atoms with van der Waals surface area (Å²) >= 11 is 2.03. The second-order valence-corrected chi connectivity index (χ2v) is 8.07. The molecule has 2 unspecified atom stereocenters. The highest BCUT2D eigenvalue weighted by Crippen LogP contribution is 2.27. The van der Waals surface area contributed by atoms with Gasteiger partial charge in [-0.25, -0.2) is 0 Å². The minimum atomic E-state index is 0.249. The first-order valence-electron chi connectivity index (χ1n) is 7.86. The maximum Gasteiger partial charge on any atom is 0.0208 e. The molecule has 0 heterocycles. The quantitative estimate of drug-likeness (QED) is 0.859. The Morgan fingerprint density at radius 3 is 2.35 bits per heavy atom. The molecule has 0 saturated heterocycles. The summed E-state index contributed by atoms with van der Waals surface area (Å²) in [4.78, 5) is 0. The highest BCUT2D eigenvalue weighted by atomic mass is 32.2. The van der Waals surface area contributed by atoms with E-state index in [-0.39, 0.29) is 5.41 Å². The van der Waals surface area contributed by atoms with Crippen molar-refractivity contribution in [1.82, 2.24) is 5.32 Å². The summed E-state index contributed by atoms with van der Waals surface area (Å²) in [6.45, 7) is 7.81. The van der Waals surface area contributed by atoms with Crippen LogP contribution in [0.5, 0.6) is 0 Å². The molecule has 1 aromatic rings. The van der Waals surface area contributed by atoms with Crippen LogP contribution in [0.1, 0.15) is 57.6 Å². The fraction of sp³-hybridized carbons (Fsp3) is 0.667. The molecule has 2 rings (SSSR count). The van der Waals surface area contributed by atoms with Gasteiger partial charge in [-0.05, 0) is 35.6 Å². The van der Waals surface area contributed by atoms with E-state index in [1.54, 1.807) is 0 Å². The highest BCUT2D eigenvalue weighted by Gasteiger charge is 2.23. The van der Waals surface area contributed by atoms with Crippen LogP contribution in [0.25, 0.3) is 0 Å². The normalized spacial score (nSPS) is 23.8. The second-order valence-electron chi connectivity index (χ2n) is 6.99. The van der Waals surface area contributed by atoms with E-state index >= 15 is 0 Å². The van der Waals surface area contributed by atoms with Gasteiger partial charge in [-0.1, -0.05) is 57.9 Å². The first-order chi connectivity index (χ1) is 9.50. The molecule has 1 aliphatic carbocycles. The van der Waals surface area contributed by atoms with Gasteiger partial charge in [-0.15, -0.1) is 0 Å². The summed E-state index contributed by atoms with van der Waals surface area (Å²) in [6.07, 6.45) is 7.76. The lowest BCUT2D eigenvalue weighted by Gasteiger charge is -2.31. The van der Waals surface area contributed by atoms with Gasteiger partial charge in [0, 0.05) is 17.8 Å². The van der Waals surface area contributed by atoms with Crippen LogP contribution in [0.3, 0.4) is 0 Å². The Bertz CT molecular complexity index is 404. The third-order valence-corrected chi connectivity index (χ3v) is 5.56. The van der Waals surface area contributed by atoms with Crippen molar-refractivity contribution >= 4 is 11.8 Å². The molecule has 0 amide bonds. The molecule has 1 nitrogen and oxygen atoms in total. The van der Waals surface area contributed by atoms with E-state index < -0.39 is 0 Å². The van der Waals surface area contributed by atoms with Gasteiger partial charge in [0.1, 0.15) is 0 Å². The Labute approximate surface area is 128 Å². The Kier molecular flexibility index (Phi) is 5.57. The zero-order valence-corrected chi connectivity index (χ0v) is 14.2. The van der Waals surface area contributed by atoms with E-state index in [0.717, 1.165) is 11.8 Å². The Balaban J connectivity index is 1.90. The molecular formula is C18H29NS. The zero-order chi connectivity index (χ0) is 14.6. The van der Waals surface area contributed by atoms with E-state index in [1.165, 1.54) is 36.8 Å². The standard InChI is InChI=1S/C18H29NS/c1-18(2,3)15-11-9-14(10-12-15)13-19-16-7-5-6-8-17(16)20-4/h9-12,16-17,19H,5-8,13H2,1-4H3. The van der Waals surface area contributed by atoms with Crippen LogP contribution in [-0.4, -0.2) is 17.5 Å². The van der Waals surface area contributed by atoms with E-state index in [1.807, 2.05) is 11.8 Å². The number of nitrogens with one attached hydrogen (secondary N) is 1. The molecule has 0 radical (unpaired) electrons. The maximum absolute atomic E-state index is 3.78. The second kappa shape index (κ2) is 7.00. The van der Waals surface area contributed by atoms with Crippen LogP contribution < -0.4 is 5.32 Å². The molecule has 2 atom stereocenters. The smallest absolute Gasteiger partial charge is 0.0208 e. The van der Waals surface area contributed by atoms with Crippen LogP contribution in [-0.2, 0) is 12.0 Å². The predicted molar refractivity (Wildman–Crippen MR) is 91.5 cm³/mol. The summed E-state index contributed by atoms with van der Waals surface area (Å²) in [5.41, 5.74) is 3.07. The van der Waals surface area contributed by atoms with Gasteiger partial charge in [-0.2, -0.15) is 11.8 Å². The van der Waals surface area contributed by atoms with Crippen LogP contribution in [0.4, 0.5) is 0 Å². The number of hydrogen-bond acceptors (Lipinski definition) is 2. The predicted octanol–water partition coefficient (Wildman–Crippen LogP) is 4.75. The van der Waals surface area contributed by atoms with Crippen molar-refractivity contribution in [2.45, 2.75) is 69.7 Å². The van der Waals surface area contributed by atoms with E-state index in [2.05, 4.69) is 56.6 Å². The van der Waals surface area contributed by atoms with Crippen LogP contribution in [0, 0.1) is 0 Å². The van der Waals surface area contributed by atoms with Crippen molar-refractivity contribution in [2.24, 2.45) is 0 Å². The highest BCUT2D eigenvalue weighted by molar-refractivity contribution is 7.99. The van der Waals surface area contributed by atoms with Crippen molar-refractivity contribution in [2.75, 3.05) is 6.26 Å². The Morgan fingerprint density at radius 2 is 1.75 bits per heavy atom. The van der Waals surface area contributed by atoms with Gasteiger partial charge < -0.3 is 5.32 Å². The first-order valence-corrected chi connectivity index (χ1v) is 9.15. The maximum atomic E-state index is 3.78. The lowest BCUT2D eigenvalue weighted by atomic mass is 9.86. The molecule has 112 valence electrons. The molecule has 0 aromatic heterocycles. The number of hydrogen-bond donors (Lipinski definition) is 1. The summed E-state index contributed by atoms with van der Waals surface area (Å²) in [7, 11) is 0. The molecule has 0 aliphatic heterocycles. The molecule has 1 N–H and O–H groups in total. The lowest BCUT2D eigenvalue weighted by molar-refractivity contribution is 0.383. The van der Waals surface area contributed by atoms with Gasteiger partial charge in [0.25, 0.3) is 0 Å². The summed E-state index contributed by atoms with van der Waals surface area (Å²) in [5, 5.41) is 4.58. The SMILES string of the molecule is CSC1CCCCC1NCc1ccc(C(C)(C)C)cc1. The third kappa shape index (κ3) is 4.26. The van der Waals surface area contributed by atoms with Crippen molar-refractivity contribution < 1.29 is 0 Å². The van der Waals surface area contributed by atoms with Crippen molar-refractivity contribution in [3.05, 3.63) is 35.4 Å². The van der Waals surface area contributed by atoms with Crippen LogP contribution in [0.15, 0.2) is 24.3 Å². The summed E-state index contributed by atoms with van der Waals surface area (Å²) in [6, 6.07) is 9.82. The molecule has 20 heavy (non-hydrogen) atoms. The minimum absolute atomic E-state index is 0.249. The van der Waals surface area contributed by atoms with Gasteiger partial charge in [0.15, 0.2) is 0 Å². The molecule has 1 aromatic carbocycles. The molecule has 2 heteroatoms. The minimum Gasteiger partial charge on any atom is -0.309 e. The van der Waals surface area contributed by atoms with E-state index in [0.29, 0.717) is 6.04 Å². The molecule has 1 saturated carbocycles. The number of benzene rings is 1. The van der Waals surface area contributed by atoms with Gasteiger partial charge in [0.05, 0.1) is 0 Å². The van der Waals surface area contributed by atoms with Crippen molar-refractivity contribution in [3.63, 3.8) is 0 Å². The Morgan fingerprint density at radius 1 is 1.10 bits per heavy atom. The van der Waals surface area contributed by atoms with Crippen molar-refractivity contribution in [1.29, 1.82) is 0 Å². The largest absolute Gasteiger partial charge is 0.309 e. The summed E-state index contributed by atoms with van der Waals surface area (Å²) < 4.78 is 0. The van der Waals surface area contributed by atoms with Crippen molar-refractivity contribution in [3.8, 4) is 0 Å². The van der Waals surface area contributed by atoms with Gasteiger partial charge in [-0.3, -0.25) is 0 Å². The molecule has 0 bridgehead atoms. The van der Waals surface area contributed by atoms with Crippen LogP contribution >= 0.6 is 11.8 Å². The summed E-state index contributed by atoms with van der Waals surface area (Å²) in [5.74, 6) is 0. The van der Waals surface area contributed by atoms with Gasteiger partial charge >= 0.3 is 0 Å². The average molecular weight is 292 g/mol. The lowest BCUT2D eigenvalue weighted by Crippen LogP contribution is -2.39. The number of thioether (sulfide) groups is 1. The monoisotopic (exact) mass is 291 g/mol. The van der Waals surface area contributed by atoms with Crippen LogP contribution in [0.2, 0.25) is 0 Å². The third-order valence-electron chi connectivity index (χ3n) is 4.39. The topological polar surface area (TPSA) is 12.0 Å². The average Bonchev–Trinajstić information content (AvgIpc) is 2.45. The molecule has 0 spiro atoms. The van der Waals surface area contributed by atoms with Gasteiger partial charge in [0.2, 0.25) is 0 Å².